The van der Waals surface area contributed by atoms with Crippen molar-refractivity contribution >= 4 is 11.8 Å². The number of tetrazole rings is 1. The molecule has 30 heavy (non-hydrogen) atoms. The number of carbonyl (C=O) groups excluding carboxylic acids is 2. The molecule has 0 aliphatic rings. The van der Waals surface area contributed by atoms with Crippen LogP contribution in [0.2, 0.25) is 0 Å². The summed E-state index contributed by atoms with van der Waals surface area (Å²) in [5.74, 6) is 0.571. The van der Waals surface area contributed by atoms with E-state index >= 15 is 0 Å². The van der Waals surface area contributed by atoms with Gasteiger partial charge in [0, 0.05) is 17.0 Å². The molecule has 0 aliphatic carbocycles. The molecule has 3 aromatic rings. The smallest absolute Gasteiger partial charge is 0.340 e. The largest absolute Gasteiger partial charge is 0.493 e. The second-order valence-electron chi connectivity index (χ2n) is 6.48. The number of hydrogen-bond acceptors (Lipinski definition) is 8. The fourth-order valence-electron chi connectivity index (χ4n) is 3.20. The minimum absolute atomic E-state index is 0.176. The van der Waals surface area contributed by atoms with Gasteiger partial charge in [-0.2, -0.15) is 4.80 Å². The van der Waals surface area contributed by atoms with Crippen molar-refractivity contribution in [3.8, 4) is 22.9 Å². The standard InChI is InChI=1S/C20H23N5O5/c1-6-30-20(27)18-12(3)21-11(2)17(18)14(26)10-25-23-19(22-24-25)13-7-8-15(28-4)16(9-13)29-5/h7-9,21H,6,10H2,1-5H3. The van der Waals surface area contributed by atoms with E-state index in [0.717, 1.165) is 0 Å². The molecular formula is C20H23N5O5. The van der Waals surface area contributed by atoms with Crippen molar-refractivity contribution in [1.29, 1.82) is 0 Å². The SMILES string of the molecule is CCOC(=O)c1c(C)[nH]c(C)c1C(=O)Cn1nnc(-c2ccc(OC)c(OC)c2)n1. The molecule has 0 bridgehead atoms. The first kappa shape index (κ1) is 21.0. The molecule has 0 unspecified atom stereocenters. The normalized spacial score (nSPS) is 10.7. The number of hydrogen-bond donors (Lipinski definition) is 1. The number of aromatic amines is 1. The zero-order valence-electron chi connectivity index (χ0n) is 17.5. The number of benzene rings is 1. The number of nitrogens with zero attached hydrogens (tertiary/aromatic N) is 4. The van der Waals surface area contributed by atoms with E-state index in [1.165, 1.54) is 11.9 Å². The lowest BCUT2D eigenvalue weighted by Gasteiger charge is -2.07. The number of ether oxygens (including phenoxy) is 3. The molecular weight excluding hydrogens is 390 g/mol. The average Bonchev–Trinajstić information content (AvgIpc) is 3.30. The predicted molar refractivity (Wildman–Crippen MR) is 107 cm³/mol. The number of H-pyrrole nitrogens is 1. The van der Waals surface area contributed by atoms with Crippen LogP contribution in [0.5, 0.6) is 11.5 Å². The summed E-state index contributed by atoms with van der Waals surface area (Å²) in [6, 6.07) is 5.22. The van der Waals surface area contributed by atoms with Gasteiger partial charge in [0.25, 0.3) is 0 Å². The van der Waals surface area contributed by atoms with E-state index in [1.54, 1.807) is 46.1 Å². The molecule has 1 N–H and O–H groups in total. The maximum absolute atomic E-state index is 12.9. The lowest BCUT2D eigenvalue weighted by Crippen LogP contribution is -2.17. The Hall–Kier alpha value is -3.69. The first-order chi connectivity index (χ1) is 14.4. The zero-order valence-corrected chi connectivity index (χ0v) is 17.5. The van der Waals surface area contributed by atoms with Crippen molar-refractivity contribution in [2.45, 2.75) is 27.3 Å². The summed E-state index contributed by atoms with van der Waals surface area (Å²) in [4.78, 5) is 29.4. The van der Waals surface area contributed by atoms with Gasteiger partial charge in [-0.05, 0) is 44.2 Å². The van der Waals surface area contributed by atoms with Crippen LogP contribution in [0.4, 0.5) is 0 Å². The highest BCUT2D eigenvalue weighted by molar-refractivity contribution is 6.08. The third-order valence-electron chi connectivity index (χ3n) is 4.51. The van der Waals surface area contributed by atoms with Gasteiger partial charge in [-0.1, -0.05) is 0 Å². The number of aryl methyl sites for hydroxylation is 2. The van der Waals surface area contributed by atoms with Crippen LogP contribution in [-0.4, -0.2) is 57.8 Å². The van der Waals surface area contributed by atoms with E-state index in [1.807, 2.05) is 0 Å². The maximum Gasteiger partial charge on any atom is 0.340 e. The van der Waals surface area contributed by atoms with Crippen molar-refractivity contribution in [3.05, 3.63) is 40.7 Å². The Kier molecular flexibility index (Phi) is 6.14. The van der Waals surface area contributed by atoms with Gasteiger partial charge in [-0.15, -0.1) is 10.2 Å². The second kappa shape index (κ2) is 8.76. The summed E-state index contributed by atoms with van der Waals surface area (Å²) in [6.07, 6.45) is 0. The summed E-state index contributed by atoms with van der Waals surface area (Å²) in [7, 11) is 3.08. The van der Waals surface area contributed by atoms with Gasteiger partial charge in [0.1, 0.15) is 6.54 Å². The number of ketones is 1. The van der Waals surface area contributed by atoms with Crippen LogP contribution in [0, 0.1) is 13.8 Å². The molecule has 2 heterocycles. The number of carbonyl (C=O) groups is 2. The lowest BCUT2D eigenvalue weighted by atomic mass is 10.0. The summed E-state index contributed by atoms with van der Waals surface area (Å²) >= 11 is 0. The molecule has 0 aliphatic heterocycles. The predicted octanol–water partition coefficient (Wildman–Crippen LogP) is 2.36. The first-order valence-electron chi connectivity index (χ1n) is 9.29. The average molecular weight is 413 g/mol. The fourth-order valence-corrected chi connectivity index (χ4v) is 3.20. The second-order valence-corrected chi connectivity index (χ2v) is 6.48. The van der Waals surface area contributed by atoms with Gasteiger partial charge in [0.05, 0.1) is 32.0 Å². The van der Waals surface area contributed by atoms with Crippen molar-refractivity contribution in [2.75, 3.05) is 20.8 Å². The number of aromatic nitrogens is 5. The molecule has 158 valence electrons. The molecule has 10 nitrogen and oxygen atoms in total. The van der Waals surface area contributed by atoms with Crippen molar-refractivity contribution in [3.63, 3.8) is 0 Å². The molecule has 0 saturated carbocycles. The molecule has 10 heteroatoms. The van der Waals surface area contributed by atoms with Crippen LogP contribution >= 0.6 is 0 Å². The Morgan fingerprint density at radius 1 is 1.07 bits per heavy atom. The third kappa shape index (κ3) is 4.02. The Morgan fingerprint density at radius 2 is 1.77 bits per heavy atom. The molecule has 0 atom stereocenters. The number of nitrogens with one attached hydrogen (secondary N) is 1. The van der Waals surface area contributed by atoms with Gasteiger partial charge in [0.15, 0.2) is 17.3 Å². The maximum atomic E-state index is 12.9. The molecule has 0 spiro atoms. The van der Waals surface area contributed by atoms with E-state index in [0.29, 0.717) is 34.3 Å². The Bertz CT molecular complexity index is 1090. The van der Waals surface area contributed by atoms with Crippen LogP contribution < -0.4 is 9.47 Å². The first-order valence-corrected chi connectivity index (χ1v) is 9.29. The van der Waals surface area contributed by atoms with Crippen molar-refractivity contribution in [1.82, 2.24) is 25.2 Å². The molecule has 1 aromatic carbocycles. The van der Waals surface area contributed by atoms with Crippen LogP contribution in [-0.2, 0) is 11.3 Å². The monoisotopic (exact) mass is 413 g/mol. The van der Waals surface area contributed by atoms with Gasteiger partial charge in [-0.3, -0.25) is 4.79 Å². The van der Waals surface area contributed by atoms with Crippen LogP contribution in [0.3, 0.4) is 0 Å². The van der Waals surface area contributed by atoms with Crippen molar-refractivity contribution < 1.29 is 23.8 Å². The number of methoxy groups -OCH3 is 2. The van der Waals surface area contributed by atoms with E-state index < -0.39 is 5.97 Å². The van der Waals surface area contributed by atoms with E-state index in [4.69, 9.17) is 14.2 Å². The van der Waals surface area contributed by atoms with Gasteiger partial charge in [0.2, 0.25) is 5.82 Å². The number of esters is 1. The number of Topliss-reactive ketones (excluding diaryl/α,β-unsaturated/α-hetero) is 1. The molecule has 0 saturated heterocycles. The topological polar surface area (TPSA) is 121 Å². The molecule has 0 fully saturated rings. The molecule has 2 aromatic heterocycles. The Balaban J connectivity index is 1.85. The van der Waals surface area contributed by atoms with Gasteiger partial charge in [-0.25, -0.2) is 4.79 Å². The highest BCUT2D eigenvalue weighted by Gasteiger charge is 2.26. The molecule has 3 rings (SSSR count). The van der Waals surface area contributed by atoms with Gasteiger partial charge >= 0.3 is 5.97 Å². The lowest BCUT2D eigenvalue weighted by molar-refractivity contribution is 0.0522. The van der Waals surface area contributed by atoms with Crippen LogP contribution in [0.1, 0.15) is 39.0 Å². The third-order valence-corrected chi connectivity index (χ3v) is 4.51. The van der Waals surface area contributed by atoms with E-state index in [-0.39, 0.29) is 30.1 Å². The van der Waals surface area contributed by atoms with Crippen LogP contribution in [0.15, 0.2) is 18.2 Å². The summed E-state index contributed by atoms with van der Waals surface area (Å²) in [5, 5.41) is 12.2. The van der Waals surface area contributed by atoms with E-state index in [2.05, 4.69) is 20.4 Å². The quantitative estimate of drug-likeness (QED) is 0.441. The van der Waals surface area contributed by atoms with Crippen molar-refractivity contribution in [2.24, 2.45) is 0 Å². The summed E-state index contributed by atoms with van der Waals surface area (Å²) < 4.78 is 15.6. The Labute approximate surface area is 173 Å². The molecule has 0 amide bonds. The highest BCUT2D eigenvalue weighted by Crippen LogP contribution is 2.30. The Morgan fingerprint density at radius 3 is 2.43 bits per heavy atom. The fraction of sp³-hybridized carbons (Fsp3) is 0.350. The minimum Gasteiger partial charge on any atom is -0.493 e. The van der Waals surface area contributed by atoms with Crippen LogP contribution in [0.25, 0.3) is 11.4 Å². The van der Waals surface area contributed by atoms with E-state index in [9.17, 15) is 9.59 Å². The highest BCUT2D eigenvalue weighted by atomic mass is 16.5. The summed E-state index contributed by atoms with van der Waals surface area (Å²) in [5.41, 5.74) is 2.33. The zero-order chi connectivity index (χ0) is 21.8. The number of rotatable bonds is 8. The summed E-state index contributed by atoms with van der Waals surface area (Å²) in [6.45, 7) is 5.20. The molecule has 0 radical (unpaired) electrons. The van der Waals surface area contributed by atoms with Gasteiger partial charge < -0.3 is 19.2 Å². The minimum atomic E-state index is -0.541.